The molecule has 1 saturated carbocycles. The number of aromatic nitrogens is 1. The van der Waals surface area contributed by atoms with Gasteiger partial charge in [0.2, 0.25) is 0 Å². The van der Waals surface area contributed by atoms with Crippen molar-refractivity contribution in [2.75, 3.05) is 3.82 Å². The van der Waals surface area contributed by atoms with E-state index in [1.54, 1.807) is 24.3 Å². The highest BCUT2D eigenvalue weighted by Gasteiger charge is 2.28. The third-order valence-corrected chi connectivity index (χ3v) is 5.61. The SMILES string of the molecule is Cc1cccc(S(=O)(=O)N(Cl)c2cccc(C3CC3)n2)c1. The average molecular weight is 323 g/mol. The number of halogens is 1. The minimum Gasteiger partial charge on any atom is -0.233 e. The van der Waals surface area contributed by atoms with Gasteiger partial charge in [-0.15, -0.1) is 0 Å². The van der Waals surface area contributed by atoms with Crippen LogP contribution in [0.4, 0.5) is 5.82 Å². The van der Waals surface area contributed by atoms with E-state index < -0.39 is 10.0 Å². The van der Waals surface area contributed by atoms with Crippen molar-refractivity contribution in [2.45, 2.75) is 30.6 Å². The summed E-state index contributed by atoms with van der Waals surface area (Å²) in [6.45, 7) is 1.84. The number of hydrogen-bond acceptors (Lipinski definition) is 3. The Morgan fingerprint density at radius 3 is 2.57 bits per heavy atom. The van der Waals surface area contributed by atoms with Crippen LogP contribution in [0.5, 0.6) is 0 Å². The van der Waals surface area contributed by atoms with Crippen LogP contribution in [-0.4, -0.2) is 13.4 Å². The molecular weight excluding hydrogens is 308 g/mol. The summed E-state index contributed by atoms with van der Waals surface area (Å²) in [6, 6.07) is 12.0. The summed E-state index contributed by atoms with van der Waals surface area (Å²) in [6.07, 6.45) is 2.20. The molecule has 3 rings (SSSR count). The lowest BCUT2D eigenvalue weighted by Crippen LogP contribution is -2.22. The number of hydrogen-bond donors (Lipinski definition) is 0. The molecule has 0 atom stereocenters. The molecule has 0 saturated heterocycles. The van der Waals surface area contributed by atoms with Crippen LogP contribution in [0.2, 0.25) is 0 Å². The van der Waals surface area contributed by atoms with Crippen molar-refractivity contribution in [1.29, 1.82) is 0 Å². The van der Waals surface area contributed by atoms with Crippen LogP contribution in [0.15, 0.2) is 47.4 Å². The van der Waals surface area contributed by atoms with E-state index in [4.69, 9.17) is 11.8 Å². The summed E-state index contributed by atoms with van der Waals surface area (Å²) >= 11 is 6.06. The summed E-state index contributed by atoms with van der Waals surface area (Å²) < 4.78 is 25.8. The highest BCUT2D eigenvalue weighted by atomic mass is 35.5. The third-order valence-electron chi connectivity index (χ3n) is 3.43. The fourth-order valence-electron chi connectivity index (χ4n) is 2.14. The van der Waals surface area contributed by atoms with Crippen LogP contribution in [0.3, 0.4) is 0 Å². The van der Waals surface area contributed by atoms with Gasteiger partial charge in [-0.25, -0.2) is 4.98 Å². The van der Waals surface area contributed by atoms with E-state index in [1.165, 1.54) is 6.07 Å². The predicted octanol–water partition coefficient (Wildman–Crippen LogP) is 3.62. The van der Waals surface area contributed by atoms with Gasteiger partial charge in [-0.3, -0.25) is 0 Å². The first-order valence-electron chi connectivity index (χ1n) is 6.73. The van der Waals surface area contributed by atoms with Crippen LogP contribution >= 0.6 is 11.8 Å². The van der Waals surface area contributed by atoms with E-state index in [2.05, 4.69) is 4.98 Å². The minimum absolute atomic E-state index is 0.163. The van der Waals surface area contributed by atoms with E-state index in [1.807, 2.05) is 19.1 Å². The normalized spacial score (nSPS) is 15.0. The first kappa shape index (κ1) is 14.4. The summed E-state index contributed by atoms with van der Waals surface area (Å²) in [5.41, 5.74) is 1.76. The number of pyridine rings is 1. The van der Waals surface area contributed by atoms with Crippen molar-refractivity contribution in [2.24, 2.45) is 0 Å². The van der Waals surface area contributed by atoms with Gasteiger partial charge in [-0.1, -0.05) is 18.2 Å². The highest BCUT2D eigenvalue weighted by Crippen LogP contribution is 2.39. The average Bonchev–Trinajstić information content (AvgIpc) is 3.31. The van der Waals surface area contributed by atoms with Crippen LogP contribution in [0.1, 0.15) is 30.0 Å². The van der Waals surface area contributed by atoms with Crippen molar-refractivity contribution in [3.05, 3.63) is 53.7 Å². The number of sulfonamides is 1. The lowest BCUT2D eigenvalue weighted by Gasteiger charge is -2.16. The van der Waals surface area contributed by atoms with Gasteiger partial charge in [-0.05, 0) is 49.6 Å². The van der Waals surface area contributed by atoms with Crippen LogP contribution < -0.4 is 3.82 Å². The van der Waals surface area contributed by atoms with E-state index >= 15 is 0 Å². The fraction of sp³-hybridized carbons (Fsp3) is 0.267. The molecule has 1 heterocycles. The number of anilines is 1. The van der Waals surface area contributed by atoms with E-state index in [0.717, 1.165) is 27.9 Å². The first-order valence-corrected chi connectivity index (χ1v) is 8.51. The maximum absolute atomic E-state index is 12.5. The lowest BCUT2D eigenvalue weighted by molar-refractivity contribution is 0.597. The van der Waals surface area contributed by atoms with E-state index in [9.17, 15) is 8.42 Å². The second kappa shape index (κ2) is 5.31. The van der Waals surface area contributed by atoms with Gasteiger partial charge in [0, 0.05) is 23.4 Å². The maximum Gasteiger partial charge on any atom is 0.279 e. The predicted molar refractivity (Wildman–Crippen MR) is 82.9 cm³/mol. The van der Waals surface area contributed by atoms with Gasteiger partial charge in [0.15, 0.2) is 5.82 Å². The largest absolute Gasteiger partial charge is 0.279 e. The molecule has 0 bridgehead atoms. The number of benzene rings is 1. The number of rotatable bonds is 4. The molecule has 6 heteroatoms. The van der Waals surface area contributed by atoms with Gasteiger partial charge in [0.1, 0.15) is 0 Å². The molecule has 0 amide bonds. The smallest absolute Gasteiger partial charge is 0.233 e. The fourth-order valence-corrected chi connectivity index (χ4v) is 3.59. The molecule has 1 aliphatic carbocycles. The van der Waals surface area contributed by atoms with Crippen molar-refractivity contribution in [3.63, 3.8) is 0 Å². The minimum atomic E-state index is -3.80. The van der Waals surface area contributed by atoms with Crippen molar-refractivity contribution in [3.8, 4) is 0 Å². The Morgan fingerprint density at radius 1 is 1.19 bits per heavy atom. The molecule has 0 aliphatic heterocycles. The Labute approximate surface area is 129 Å². The van der Waals surface area contributed by atoms with E-state index in [0.29, 0.717) is 5.92 Å². The molecule has 0 unspecified atom stereocenters. The van der Waals surface area contributed by atoms with Gasteiger partial charge in [0.05, 0.1) is 4.90 Å². The number of aryl methyl sites for hydroxylation is 1. The number of nitrogens with zero attached hydrogens (tertiary/aromatic N) is 2. The zero-order valence-corrected chi connectivity index (χ0v) is 13.1. The van der Waals surface area contributed by atoms with Crippen molar-refractivity contribution >= 4 is 27.6 Å². The topological polar surface area (TPSA) is 50.3 Å². The molecule has 0 radical (unpaired) electrons. The van der Waals surface area contributed by atoms with Gasteiger partial charge >= 0.3 is 0 Å². The monoisotopic (exact) mass is 322 g/mol. The molecule has 2 aromatic rings. The summed E-state index contributed by atoms with van der Waals surface area (Å²) in [5.74, 6) is 0.680. The molecule has 1 fully saturated rings. The second-order valence-electron chi connectivity index (χ2n) is 5.23. The van der Waals surface area contributed by atoms with E-state index in [-0.39, 0.29) is 10.7 Å². The third kappa shape index (κ3) is 2.89. The van der Waals surface area contributed by atoms with Gasteiger partial charge < -0.3 is 0 Å². The van der Waals surface area contributed by atoms with Crippen molar-refractivity contribution < 1.29 is 8.42 Å². The Kier molecular flexibility index (Phi) is 3.63. The molecule has 0 spiro atoms. The van der Waals surface area contributed by atoms with Crippen LogP contribution in [-0.2, 0) is 10.0 Å². The summed E-state index contributed by atoms with van der Waals surface area (Å²) in [4.78, 5) is 4.53. The van der Waals surface area contributed by atoms with Crippen LogP contribution in [0.25, 0.3) is 0 Å². The quantitative estimate of drug-likeness (QED) is 0.808. The summed E-state index contributed by atoms with van der Waals surface area (Å²) in [7, 11) is -3.80. The first-order chi connectivity index (χ1) is 9.98. The Hall–Kier alpha value is -1.59. The Balaban J connectivity index is 1.96. The zero-order chi connectivity index (χ0) is 15.0. The van der Waals surface area contributed by atoms with Gasteiger partial charge in [0.25, 0.3) is 10.0 Å². The zero-order valence-electron chi connectivity index (χ0n) is 11.5. The van der Waals surface area contributed by atoms with Crippen LogP contribution in [0, 0.1) is 6.92 Å². The standard InChI is InChI=1S/C15H15ClN2O2S/c1-11-4-2-5-13(10-11)21(19,20)18(16)15-7-3-6-14(17-15)12-8-9-12/h2-7,10,12H,8-9H2,1H3. The summed E-state index contributed by atoms with van der Waals surface area (Å²) in [5, 5.41) is 0. The van der Waals surface area contributed by atoms with Crippen molar-refractivity contribution in [1.82, 2.24) is 4.98 Å². The highest BCUT2D eigenvalue weighted by molar-refractivity contribution is 7.94. The van der Waals surface area contributed by atoms with Gasteiger partial charge in [-0.2, -0.15) is 12.2 Å². The molecule has 1 aromatic heterocycles. The molecule has 1 aliphatic rings. The lowest BCUT2D eigenvalue weighted by atomic mass is 10.2. The molecule has 4 nitrogen and oxygen atoms in total. The molecule has 110 valence electrons. The molecule has 1 aromatic carbocycles. The Bertz CT molecular complexity index is 773. The second-order valence-corrected chi connectivity index (χ2v) is 7.56. The molecule has 21 heavy (non-hydrogen) atoms. The molecular formula is C15H15ClN2O2S. The molecule has 0 N–H and O–H groups in total. The Morgan fingerprint density at radius 2 is 1.90 bits per heavy atom. The maximum atomic E-state index is 12.5.